The van der Waals surface area contributed by atoms with Crippen molar-refractivity contribution in [1.29, 1.82) is 0 Å². The zero-order valence-electron chi connectivity index (χ0n) is 10.5. The molecule has 0 radical (unpaired) electrons. The molecule has 1 aromatic rings. The standard InChI is InChI=1S/C13H18F3NO/c1-3-12(2,8-17)11(18)9-5-4-6-10(7-9)13(14,15)16/h4-7,11,18H,3,8,17H2,1-2H3. The van der Waals surface area contributed by atoms with E-state index in [2.05, 4.69) is 0 Å². The third kappa shape index (κ3) is 3.03. The minimum absolute atomic E-state index is 0.209. The smallest absolute Gasteiger partial charge is 0.388 e. The zero-order chi connectivity index (χ0) is 14.0. The van der Waals surface area contributed by atoms with Crippen LogP contribution in [0.5, 0.6) is 0 Å². The van der Waals surface area contributed by atoms with Crippen molar-refractivity contribution in [2.24, 2.45) is 11.1 Å². The van der Waals surface area contributed by atoms with Gasteiger partial charge in [0, 0.05) is 12.0 Å². The molecule has 2 unspecified atom stereocenters. The van der Waals surface area contributed by atoms with Crippen LogP contribution in [0.15, 0.2) is 24.3 Å². The Morgan fingerprint density at radius 2 is 1.94 bits per heavy atom. The number of aliphatic hydroxyl groups excluding tert-OH is 1. The van der Waals surface area contributed by atoms with Gasteiger partial charge >= 0.3 is 6.18 Å². The molecular formula is C13H18F3NO. The molecule has 0 saturated heterocycles. The highest BCUT2D eigenvalue weighted by molar-refractivity contribution is 5.28. The SMILES string of the molecule is CCC(C)(CN)C(O)c1cccc(C(F)(F)F)c1. The van der Waals surface area contributed by atoms with E-state index in [-0.39, 0.29) is 12.1 Å². The molecule has 0 saturated carbocycles. The van der Waals surface area contributed by atoms with Gasteiger partial charge < -0.3 is 10.8 Å². The molecule has 2 nitrogen and oxygen atoms in total. The van der Waals surface area contributed by atoms with Crippen LogP contribution in [0, 0.1) is 5.41 Å². The molecule has 3 N–H and O–H groups in total. The van der Waals surface area contributed by atoms with Crippen molar-refractivity contribution >= 4 is 0 Å². The number of alkyl halides is 3. The first-order valence-electron chi connectivity index (χ1n) is 5.80. The number of aliphatic hydroxyl groups is 1. The van der Waals surface area contributed by atoms with E-state index in [0.29, 0.717) is 6.42 Å². The van der Waals surface area contributed by atoms with Crippen LogP contribution in [0.1, 0.15) is 37.5 Å². The van der Waals surface area contributed by atoms with Crippen LogP contribution in [0.25, 0.3) is 0 Å². The van der Waals surface area contributed by atoms with E-state index < -0.39 is 23.3 Å². The topological polar surface area (TPSA) is 46.2 Å². The maximum Gasteiger partial charge on any atom is 0.416 e. The molecule has 2 atom stereocenters. The first-order chi connectivity index (χ1) is 8.24. The van der Waals surface area contributed by atoms with E-state index in [9.17, 15) is 18.3 Å². The van der Waals surface area contributed by atoms with Gasteiger partial charge in [-0.2, -0.15) is 13.2 Å². The van der Waals surface area contributed by atoms with Crippen molar-refractivity contribution in [3.8, 4) is 0 Å². The summed E-state index contributed by atoms with van der Waals surface area (Å²) in [5.74, 6) is 0. The normalized spacial score (nSPS) is 17.3. The number of halogens is 3. The van der Waals surface area contributed by atoms with Crippen LogP contribution in [-0.2, 0) is 6.18 Å². The van der Waals surface area contributed by atoms with Gasteiger partial charge in [0.05, 0.1) is 11.7 Å². The van der Waals surface area contributed by atoms with Gasteiger partial charge in [0.1, 0.15) is 0 Å². The number of rotatable bonds is 4. The van der Waals surface area contributed by atoms with Crippen molar-refractivity contribution < 1.29 is 18.3 Å². The third-order valence-corrected chi connectivity index (χ3v) is 3.46. The van der Waals surface area contributed by atoms with Gasteiger partial charge in [-0.25, -0.2) is 0 Å². The zero-order valence-corrected chi connectivity index (χ0v) is 10.5. The molecule has 0 spiro atoms. The summed E-state index contributed by atoms with van der Waals surface area (Å²) in [5, 5.41) is 10.2. The Morgan fingerprint density at radius 3 is 2.39 bits per heavy atom. The van der Waals surface area contributed by atoms with Gasteiger partial charge in [-0.1, -0.05) is 26.0 Å². The Bertz CT molecular complexity index is 399. The lowest BCUT2D eigenvalue weighted by atomic mass is 9.78. The van der Waals surface area contributed by atoms with E-state index in [4.69, 9.17) is 5.73 Å². The summed E-state index contributed by atoms with van der Waals surface area (Å²) in [4.78, 5) is 0. The lowest BCUT2D eigenvalue weighted by Gasteiger charge is -2.32. The summed E-state index contributed by atoms with van der Waals surface area (Å²) in [6.45, 7) is 3.82. The Hall–Kier alpha value is -1.07. The van der Waals surface area contributed by atoms with Gasteiger partial charge in [0.25, 0.3) is 0 Å². The van der Waals surface area contributed by atoms with Crippen LogP contribution in [0.2, 0.25) is 0 Å². The van der Waals surface area contributed by atoms with Crippen molar-refractivity contribution in [3.63, 3.8) is 0 Å². The predicted octanol–water partition coefficient (Wildman–Crippen LogP) is 3.11. The summed E-state index contributed by atoms with van der Waals surface area (Å²) in [6, 6.07) is 4.76. The molecule has 102 valence electrons. The van der Waals surface area contributed by atoms with Gasteiger partial charge in [-0.3, -0.25) is 0 Å². The molecule has 5 heteroatoms. The summed E-state index contributed by atoms with van der Waals surface area (Å²) >= 11 is 0. The van der Waals surface area contributed by atoms with E-state index in [1.165, 1.54) is 12.1 Å². The fraction of sp³-hybridized carbons (Fsp3) is 0.538. The second kappa shape index (κ2) is 5.28. The van der Waals surface area contributed by atoms with E-state index in [0.717, 1.165) is 12.1 Å². The number of benzene rings is 1. The van der Waals surface area contributed by atoms with Crippen molar-refractivity contribution in [1.82, 2.24) is 0 Å². The lowest BCUT2D eigenvalue weighted by molar-refractivity contribution is -0.137. The Kier molecular flexibility index (Phi) is 4.40. The molecule has 1 rings (SSSR count). The van der Waals surface area contributed by atoms with Crippen LogP contribution in [0.3, 0.4) is 0 Å². The first-order valence-corrected chi connectivity index (χ1v) is 5.80. The average Bonchev–Trinajstić information content (AvgIpc) is 2.36. The van der Waals surface area contributed by atoms with Crippen LogP contribution < -0.4 is 5.73 Å². The Morgan fingerprint density at radius 1 is 1.33 bits per heavy atom. The second-order valence-corrected chi connectivity index (χ2v) is 4.74. The monoisotopic (exact) mass is 261 g/mol. The van der Waals surface area contributed by atoms with Gasteiger partial charge in [-0.15, -0.1) is 0 Å². The highest BCUT2D eigenvalue weighted by Gasteiger charge is 2.34. The van der Waals surface area contributed by atoms with Crippen LogP contribution in [0.4, 0.5) is 13.2 Å². The highest BCUT2D eigenvalue weighted by Crippen LogP contribution is 2.38. The van der Waals surface area contributed by atoms with Crippen molar-refractivity contribution in [3.05, 3.63) is 35.4 Å². The van der Waals surface area contributed by atoms with Gasteiger partial charge in [-0.05, 0) is 24.1 Å². The van der Waals surface area contributed by atoms with Crippen molar-refractivity contribution in [2.75, 3.05) is 6.54 Å². The van der Waals surface area contributed by atoms with Gasteiger partial charge in [0.15, 0.2) is 0 Å². The maximum atomic E-state index is 12.6. The molecule has 0 fully saturated rings. The quantitative estimate of drug-likeness (QED) is 0.874. The molecule has 0 heterocycles. The molecule has 0 aliphatic rings. The Labute approximate surface area is 105 Å². The molecule has 1 aromatic carbocycles. The van der Waals surface area contributed by atoms with E-state index >= 15 is 0 Å². The Balaban J connectivity index is 3.11. The summed E-state index contributed by atoms with van der Waals surface area (Å²) in [6.07, 6.45) is -4.82. The van der Waals surface area contributed by atoms with Crippen LogP contribution >= 0.6 is 0 Å². The summed E-state index contributed by atoms with van der Waals surface area (Å²) in [7, 11) is 0. The average molecular weight is 261 g/mol. The number of hydrogen-bond acceptors (Lipinski definition) is 2. The van der Waals surface area contributed by atoms with Crippen molar-refractivity contribution in [2.45, 2.75) is 32.5 Å². The largest absolute Gasteiger partial charge is 0.416 e. The predicted molar refractivity (Wildman–Crippen MR) is 63.9 cm³/mol. The minimum Gasteiger partial charge on any atom is -0.388 e. The maximum absolute atomic E-state index is 12.6. The first kappa shape index (κ1) is 15.0. The van der Waals surface area contributed by atoms with Crippen LogP contribution in [-0.4, -0.2) is 11.7 Å². The molecule has 18 heavy (non-hydrogen) atoms. The molecule has 0 aliphatic carbocycles. The molecule has 0 bridgehead atoms. The van der Waals surface area contributed by atoms with E-state index in [1.54, 1.807) is 6.92 Å². The molecule has 0 aliphatic heterocycles. The van der Waals surface area contributed by atoms with E-state index in [1.807, 2.05) is 6.92 Å². The summed E-state index contributed by atoms with van der Waals surface area (Å²) in [5.41, 5.74) is 4.47. The molecule has 0 amide bonds. The molecular weight excluding hydrogens is 243 g/mol. The fourth-order valence-electron chi connectivity index (χ4n) is 1.74. The third-order valence-electron chi connectivity index (χ3n) is 3.46. The fourth-order valence-corrected chi connectivity index (χ4v) is 1.74. The highest BCUT2D eigenvalue weighted by atomic mass is 19.4. The minimum atomic E-state index is -4.40. The molecule has 0 aromatic heterocycles. The number of nitrogens with two attached hydrogens (primary N) is 1. The summed E-state index contributed by atoms with van der Waals surface area (Å²) < 4.78 is 37.8. The second-order valence-electron chi connectivity index (χ2n) is 4.74. The van der Waals surface area contributed by atoms with Gasteiger partial charge in [0.2, 0.25) is 0 Å². The lowest BCUT2D eigenvalue weighted by Crippen LogP contribution is -2.33. The number of hydrogen-bond donors (Lipinski definition) is 2.